The third kappa shape index (κ3) is 4.42. The summed E-state index contributed by atoms with van der Waals surface area (Å²) in [4.78, 5) is 38.9. The number of ether oxygens (including phenoxy) is 1. The first-order valence-electron chi connectivity index (χ1n) is 9.47. The van der Waals surface area contributed by atoms with E-state index < -0.39 is 0 Å². The molecule has 1 saturated heterocycles. The van der Waals surface area contributed by atoms with Crippen LogP contribution in [0.5, 0.6) is 0 Å². The molecule has 4 rings (SSSR count). The zero-order valence-corrected chi connectivity index (χ0v) is 15.8. The highest BCUT2D eigenvalue weighted by Crippen LogP contribution is 2.31. The molecule has 29 heavy (non-hydrogen) atoms. The Morgan fingerprint density at radius 1 is 1.07 bits per heavy atom. The van der Waals surface area contributed by atoms with Gasteiger partial charge in [-0.3, -0.25) is 19.3 Å². The van der Waals surface area contributed by atoms with Gasteiger partial charge in [0.2, 0.25) is 5.91 Å². The minimum atomic E-state index is -0.286. The monoisotopic (exact) mass is 391 g/mol. The second kappa shape index (κ2) is 8.38. The summed E-state index contributed by atoms with van der Waals surface area (Å²) >= 11 is 0. The zero-order valence-electron chi connectivity index (χ0n) is 15.8. The Labute approximate surface area is 168 Å². The molecule has 0 aromatic heterocycles. The maximum absolute atomic E-state index is 12.6. The number of rotatable bonds is 5. The Kier molecular flexibility index (Phi) is 5.50. The van der Waals surface area contributed by atoms with E-state index in [0.29, 0.717) is 42.3 Å². The molecule has 0 atom stereocenters. The van der Waals surface area contributed by atoms with Gasteiger partial charge in [0.1, 0.15) is 0 Å². The molecular weight excluding hydrogens is 370 g/mol. The number of carbonyl (C=O) groups excluding carboxylic acids is 3. The molecular formula is C22H21N3O4. The molecule has 2 aromatic carbocycles. The van der Waals surface area contributed by atoms with Gasteiger partial charge in [-0.05, 0) is 36.4 Å². The number of para-hydroxylation sites is 1. The van der Waals surface area contributed by atoms with Gasteiger partial charge in [-0.15, -0.1) is 0 Å². The molecule has 7 heteroatoms. The SMILES string of the molecule is O=C(CN1CCOCC1)Nc1ccc(C(=O)/C=C2\C(=O)Nc3ccccc32)cc1. The summed E-state index contributed by atoms with van der Waals surface area (Å²) in [5, 5.41) is 5.59. The Balaban J connectivity index is 1.40. The third-order valence-corrected chi connectivity index (χ3v) is 4.91. The Hall–Kier alpha value is -3.29. The van der Waals surface area contributed by atoms with E-state index in [0.717, 1.165) is 18.7 Å². The minimum absolute atomic E-state index is 0.104. The van der Waals surface area contributed by atoms with E-state index in [1.807, 2.05) is 17.0 Å². The molecule has 2 aliphatic rings. The summed E-state index contributed by atoms with van der Waals surface area (Å²) in [5.41, 5.74) is 2.85. The van der Waals surface area contributed by atoms with Crippen LogP contribution in [0.25, 0.3) is 5.57 Å². The number of morpholine rings is 1. The number of hydrogen-bond donors (Lipinski definition) is 2. The molecule has 0 radical (unpaired) electrons. The summed E-state index contributed by atoms with van der Waals surface area (Å²) in [7, 11) is 0. The van der Waals surface area contributed by atoms with Gasteiger partial charge in [-0.2, -0.15) is 0 Å². The van der Waals surface area contributed by atoms with Crippen LogP contribution in [0.4, 0.5) is 11.4 Å². The van der Waals surface area contributed by atoms with Crippen molar-refractivity contribution in [1.82, 2.24) is 4.90 Å². The second-order valence-corrected chi connectivity index (χ2v) is 6.94. The molecule has 2 aromatic rings. The van der Waals surface area contributed by atoms with Crippen molar-refractivity contribution in [3.8, 4) is 0 Å². The van der Waals surface area contributed by atoms with Crippen molar-refractivity contribution in [2.45, 2.75) is 0 Å². The number of nitrogens with zero attached hydrogens (tertiary/aromatic N) is 1. The van der Waals surface area contributed by atoms with Gasteiger partial charge < -0.3 is 15.4 Å². The van der Waals surface area contributed by atoms with E-state index in [2.05, 4.69) is 10.6 Å². The summed E-state index contributed by atoms with van der Waals surface area (Å²) in [6, 6.07) is 13.9. The first-order valence-corrected chi connectivity index (χ1v) is 9.47. The molecule has 0 aliphatic carbocycles. The van der Waals surface area contributed by atoms with Crippen molar-refractivity contribution in [2.75, 3.05) is 43.5 Å². The largest absolute Gasteiger partial charge is 0.379 e. The topological polar surface area (TPSA) is 87.7 Å². The van der Waals surface area contributed by atoms with Gasteiger partial charge in [0.15, 0.2) is 5.78 Å². The van der Waals surface area contributed by atoms with E-state index in [9.17, 15) is 14.4 Å². The van der Waals surface area contributed by atoms with Gasteiger partial charge >= 0.3 is 0 Å². The van der Waals surface area contributed by atoms with Crippen LogP contribution in [0.3, 0.4) is 0 Å². The highest BCUT2D eigenvalue weighted by Gasteiger charge is 2.24. The average molecular weight is 391 g/mol. The predicted molar refractivity (Wildman–Crippen MR) is 110 cm³/mol. The van der Waals surface area contributed by atoms with E-state index in [4.69, 9.17) is 4.74 Å². The Bertz CT molecular complexity index is 976. The summed E-state index contributed by atoms with van der Waals surface area (Å²) in [6.07, 6.45) is 1.35. The number of nitrogens with one attached hydrogen (secondary N) is 2. The first-order chi connectivity index (χ1) is 14.1. The molecule has 0 saturated carbocycles. The predicted octanol–water partition coefficient (Wildman–Crippen LogP) is 2.18. The van der Waals surface area contributed by atoms with Crippen molar-refractivity contribution in [2.24, 2.45) is 0 Å². The highest BCUT2D eigenvalue weighted by atomic mass is 16.5. The van der Waals surface area contributed by atoms with E-state index in [1.54, 1.807) is 36.4 Å². The molecule has 2 aliphatic heterocycles. The van der Waals surface area contributed by atoms with E-state index >= 15 is 0 Å². The fourth-order valence-corrected chi connectivity index (χ4v) is 3.38. The van der Waals surface area contributed by atoms with Crippen molar-refractivity contribution < 1.29 is 19.1 Å². The van der Waals surface area contributed by atoms with Crippen LogP contribution in [0.1, 0.15) is 15.9 Å². The zero-order chi connectivity index (χ0) is 20.2. The lowest BCUT2D eigenvalue weighted by molar-refractivity contribution is -0.118. The third-order valence-electron chi connectivity index (χ3n) is 4.91. The smallest absolute Gasteiger partial charge is 0.256 e. The maximum atomic E-state index is 12.6. The van der Waals surface area contributed by atoms with E-state index in [-0.39, 0.29) is 17.6 Å². The molecule has 2 heterocycles. The van der Waals surface area contributed by atoms with Crippen molar-refractivity contribution in [3.05, 3.63) is 65.7 Å². The van der Waals surface area contributed by atoms with Crippen molar-refractivity contribution in [3.63, 3.8) is 0 Å². The molecule has 0 unspecified atom stereocenters. The summed E-state index contributed by atoms with van der Waals surface area (Å²) < 4.78 is 5.27. The van der Waals surface area contributed by atoms with Gasteiger partial charge in [-0.25, -0.2) is 0 Å². The molecule has 7 nitrogen and oxygen atoms in total. The Morgan fingerprint density at radius 2 is 1.79 bits per heavy atom. The lowest BCUT2D eigenvalue weighted by atomic mass is 10.0. The molecule has 0 spiro atoms. The minimum Gasteiger partial charge on any atom is -0.379 e. The number of anilines is 2. The quantitative estimate of drug-likeness (QED) is 0.603. The lowest BCUT2D eigenvalue weighted by Gasteiger charge is -2.25. The van der Waals surface area contributed by atoms with Crippen LogP contribution in [0, 0.1) is 0 Å². The van der Waals surface area contributed by atoms with Crippen LogP contribution in [-0.2, 0) is 14.3 Å². The summed E-state index contributed by atoms with van der Waals surface area (Å²) in [6.45, 7) is 3.08. The maximum Gasteiger partial charge on any atom is 0.256 e. The van der Waals surface area contributed by atoms with E-state index in [1.165, 1.54) is 6.08 Å². The van der Waals surface area contributed by atoms with Crippen LogP contribution in [-0.4, -0.2) is 55.3 Å². The van der Waals surface area contributed by atoms with Gasteiger partial charge in [0.05, 0.1) is 25.3 Å². The number of fused-ring (bicyclic) bond motifs is 1. The van der Waals surface area contributed by atoms with Gasteiger partial charge in [0, 0.05) is 35.6 Å². The van der Waals surface area contributed by atoms with Crippen LogP contribution >= 0.6 is 0 Å². The van der Waals surface area contributed by atoms with Crippen LogP contribution in [0.2, 0.25) is 0 Å². The molecule has 2 N–H and O–H groups in total. The average Bonchev–Trinajstić information content (AvgIpc) is 3.04. The fourth-order valence-electron chi connectivity index (χ4n) is 3.38. The number of hydrogen-bond acceptors (Lipinski definition) is 5. The second-order valence-electron chi connectivity index (χ2n) is 6.94. The van der Waals surface area contributed by atoms with Crippen molar-refractivity contribution >= 4 is 34.5 Å². The number of allylic oxidation sites excluding steroid dienone is 1. The molecule has 148 valence electrons. The fraction of sp³-hybridized carbons (Fsp3) is 0.227. The highest BCUT2D eigenvalue weighted by molar-refractivity contribution is 6.35. The number of benzene rings is 2. The van der Waals surface area contributed by atoms with Crippen LogP contribution < -0.4 is 10.6 Å². The normalized spacial score (nSPS) is 17.7. The van der Waals surface area contributed by atoms with Crippen LogP contribution in [0.15, 0.2) is 54.6 Å². The lowest BCUT2D eigenvalue weighted by Crippen LogP contribution is -2.41. The molecule has 2 amide bonds. The van der Waals surface area contributed by atoms with Gasteiger partial charge in [0.25, 0.3) is 5.91 Å². The molecule has 0 bridgehead atoms. The van der Waals surface area contributed by atoms with Gasteiger partial charge in [-0.1, -0.05) is 18.2 Å². The van der Waals surface area contributed by atoms with Crippen molar-refractivity contribution in [1.29, 1.82) is 0 Å². The summed E-state index contributed by atoms with van der Waals surface area (Å²) in [5.74, 6) is -0.656. The number of carbonyl (C=O) groups is 3. The standard InChI is InChI=1S/C22H21N3O4/c26-20(13-18-17-3-1-2-4-19(17)24-22(18)28)15-5-7-16(8-6-15)23-21(27)14-25-9-11-29-12-10-25/h1-8,13H,9-12,14H2,(H,23,27)(H,24,28)/b18-13-. The molecule has 1 fully saturated rings. The number of amides is 2. The first kappa shape index (κ1) is 19.0. The Morgan fingerprint density at radius 3 is 2.55 bits per heavy atom. The number of ketones is 1.